The van der Waals surface area contributed by atoms with E-state index in [0.717, 1.165) is 16.6 Å². The van der Waals surface area contributed by atoms with Crippen molar-refractivity contribution in [2.75, 3.05) is 24.6 Å². The van der Waals surface area contributed by atoms with Crippen LogP contribution in [0, 0.1) is 0 Å². The third-order valence-electron chi connectivity index (χ3n) is 2.95. The Bertz CT molecular complexity index is 569. The van der Waals surface area contributed by atoms with Crippen molar-refractivity contribution in [1.82, 2.24) is 4.98 Å². The van der Waals surface area contributed by atoms with Crippen LogP contribution in [-0.2, 0) is 6.61 Å². The van der Waals surface area contributed by atoms with Gasteiger partial charge in [0.2, 0.25) is 0 Å². The highest BCUT2D eigenvalue weighted by molar-refractivity contribution is 5.92. The number of hydrogen-bond acceptors (Lipinski definition) is 4. The molecule has 2 N–H and O–H groups in total. The van der Waals surface area contributed by atoms with E-state index in [4.69, 9.17) is 0 Å². The Hall–Kier alpha value is -1.91. The molecular formula is C15H18N2O2. The smallest absolute Gasteiger partial charge is 0.137 e. The molecule has 2 aromatic rings. The number of aromatic nitrogens is 1. The monoisotopic (exact) mass is 258 g/mol. The Morgan fingerprint density at radius 1 is 1.26 bits per heavy atom. The van der Waals surface area contributed by atoms with Crippen LogP contribution in [0.15, 0.2) is 43.0 Å². The first-order valence-electron chi connectivity index (χ1n) is 6.26. The number of benzene rings is 1. The van der Waals surface area contributed by atoms with Crippen LogP contribution >= 0.6 is 0 Å². The van der Waals surface area contributed by atoms with Crippen LogP contribution in [0.1, 0.15) is 5.69 Å². The number of pyridine rings is 1. The van der Waals surface area contributed by atoms with Crippen molar-refractivity contribution in [3.05, 3.63) is 48.7 Å². The second-order valence-corrected chi connectivity index (χ2v) is 4.27. The molecule has 0 spiro atoms. The first-order chi connectivity index (χ1) is 9.30. The fourth-order valence-electron chi connectivity index (χ4n) is 2.12. The van der Waals surface area contributed by atoms with Gasteiger partial charge >= 0.3 is 0 Å². The van der Waals surface area contributed by atoms with Crippen LogP contribution in [0.5, 0.6) is 0 Å². The molecule has 100 valence electrons. The third kappa shape index (κ3) is 2.92. The molecule has 4 heteroatoms. The van der Waals surface area contributed by atoms with Gasteiger partial charge in [-0.05, 0) is 11.5 Å². The van der Waals surface area contributed by atoms with Crippen molar-refractivity contribution in [2.24, 2.45) is 0 Å². The summed E-state index contributed by atoms with van der Waals surface area (Å²) in [6.45, 7) is 4.77. The molecular weight excluding hydrogens is 240 g/mol. The van der Waals surface area contributed by atoms with E-state index in [-0.39, 0.29) is 13.2 Å². The molecule has 0 aliphatic carbocycles. The Morgan fingerprint density at radius 2 is 2.05 bits per heavy atom. The molecule has 0 fully saturated rings. The van der Waals surface area contributed by atoms with Gasteiger partial charge in [-0.25, -0.2) is 4.98 Å². The van der Waals surface area contributed by atoms with Crippen molar-refractivity contribution in [2.45, 2.75) is 6.61 Å². The molecule has 1 heterocycles. The predicted octanol–water partition coefficient (Wildman–Crippen LogP) is 1.71. The molecule has 0 saturated heterocycles. The van der Waals surface area contributed by atoms with E-state index in [2.05, 4.69) is 11.6 Å². The number of rotatable bonds is 6. The lowest BCUT2D eigenvalue weighted by Crippen LogP contribution is -2.28. The maximum atomic E-state index is 9.31. The van der Waals surface area contributed by atoms with Crippen molar-refractivity contribution >= 4 is 16.6 Å². The number of fused-ring (bicyclic) bond motifs is 1. The minimum absolute atomic E-state index is 0.0488. The van der Waals surface area contributed by atoms with Crippen molar-refractivity contribution in [1.29, 1.82) is 0 Å². The first kappa shape index (κ1) is 13.5. The van der Waals surface area contributed by atoms with Gasteiger partial charge in [-0.1, -0.05) is 30.3 Å². The van der Waals surface area contributed by atoms with Crippen molar-refractivity contribution < 1.29 is 10.2 Å². The summed E-state index contributed by atoms with van der Waals surface area (Å²) < 4.78 is 0. The maximum absolute atomic E-state index is 9.31. The average molecular weight is 258 g/mol. The Balaban J connectivity index is 2.57. The second kappa shape index (κ2) is 6.31. The lowest BCUT2D eigenvalue weighted by atomic mass is 10.1. The van der Waals surface area contributed by atoms with Crippen LogP contribution in [0.25, 0.3) is 10.8 Å². The third-order valence-corrected chi connectivity index (χ3v) is 2.95. The zero-order chi connectivity index (χ0) is 13.7. The molecule has 0 unspecified atom stereocenters. The Morgan fingerprint density at radius 3 is 2.74 bits per heavy atom. The summed E-state index contributed by atoms with van der Waals surface area (Å²) in [6, 6.07) is 9.77. The van der Waals surface area contributed by atoms with E-state index in [1.54, 1.807) is 6.08 Å². The van der Waals surface area contributed by atoms with Crippen LogP contribution in [-0.4, -0.2) is 34.9 Å². The summed E-state index contributed by atoms with van der Waals surface area (Å²) >= 11 is 0. The highest BCUT2D eigenvalue weighted by Gasteiger charge is 2.11. The van der Waals surface area contributed by atoms with E-state index in [1.165, 1.54) is 0 Å². The lowest BCUT2D eigenvalue weighted by Gasteiger charge is -2.23. The fraction of sp³-hybridized carbons (Fsp3) is 0.267. The molecule has 19 heavy (non-hydrogen) atoms. The SMILES string of the molecule is C=CCN(CCO)c1nc(CO)cc2ccccc12. The van der Waals surface area contributed by atoms with Crippen LogP contribution in [0.2, 0.25) is 0 Å². The first-order valence-corrected chi connectivity index (χ1v) is 6.26. The zero-order valence-corrected chi connectivity index (χ0v) is 10.8. The number of anilines is 1. The molecule has 0 bridgehead atoms. The number of hydrogen-bond donors (Lipinski definition) is 2. The van der Waals surface area contributed by atoms with E-state index >= 15 is 0 Å². The summed E-state index contributed by atoms with van der Waals surface area (Å²) in [5.74, 6) is 0.774. The summed E-state index contributed by atoms with van der Waals surface area (Å²) in [6.07, 6.45) is 1.78. The minimum Gasteiger partial charge on any atom is -0.395 e. The van der Waals surface area contributed by atoms with Gasteiger partial charge < -0.3 is 15.1 Å². The van der Waals surface area contributed by atoms with Crippen LogP contribution in [0.3, 0.4) is 0 Å². The molecule has 0 radical (unpaired) electrons. The van der Waals surface area contributed by atoms with Gasteiger partial charge in [0.25, 0.3) is 0 Å². The van der Waals surface area contributed by atoms with Crippen LogP contribution < -0.4 is 4.90 Å². The van der Waals surface area contributed by atoms with E-state index in [1.807, 2.05) is 35.2 Å². The summed E-state index contributed by atoms with van der Waals surface area (Å²) in [5, 5.41) is 20.5. The largest absolute Gasteiger partial charge is 0.395 e. The van der Waals surface area contributed by atoms with Gasteiger partial charge in [0.1, 0.15) is 5.82 Å². The highest BCUT2D eigenvalue weighted by atomic mass is 16.3. The minimum atomic E-state index is -0.0983. The van der Waals surface area contributed by atoms with Gasteiger partial charge in [0.15, 0.2) is 0 Å². The fourth-order valence-corrected chi connectivity index (χ4v) is 2.12. The predicted molar refractivity (Wildman–Crippen MR) is 77.2 cm³/mol. The molecule has 0 atom stereocenters. The van der Waals surface area contributed by atoms with Gasteiger partial charge in [-0.3, -0.25) is 0 Å². The molecule has 2 rings (SSSR count). The standard InChI is InChI=1S/C15H18N2O2/c1-2-7-17(8-9-18)15-14-6-4-3-5-12(14)10-13(11-19)16-15/h2-6,10,18-19H,1,7-9,11H2. The van der Waals surface area contributed by atoms with Crippen LogP contribution in [0.4, 0.5) is 5.82 Å². The molecule has 0 aliphatic rings. The van der Waals surface area contributed by atoms with E-state index in [0.29, 0.717) is 18.8 Å². The quantitative estimate of drug-likeness (QED) is 0.775. The molecule has 1 aromatic heterocycles. The Kier molecular flexibility index (Phi) is 4.49. The van der Waals surface area contributed by atoms with E-state index in [9.17, 15) is 10.2 Å². The summed E-state index contributed by atoms with van der Waals surface area (Å²) in [7, 11) is 0. The number of nitrogens with zero attached hydrogens (tertiary/aromatic N) is 2. The Labute approximate surface area is 112 Å². The maximum Gasteiger partial charge on any atom is 0.137 e. The topological polar surface area (TPSA) is 56.6 Å². The molecule has 1 aromatic carbocycles. The normalized spacial score (nSPS) is 10.6. The number of aliphatic hydroxyl groups excluding tert-OH is 2. The van der Waals surface area contributed by atoms with Crippen molar-refractivity contribution in [3.63, 3.8) is 0 Å². The highest BCUT2D eigenvalue weighted by Crippen LogP contribution is 2.25. The van der Waals surface area contributed by atoms with Crippen molar-refractivity contribution in [3.8, 4) is 0 Å². The van der Waals surface area contributed by atoms with Gasteiger partial charge in [-0.15, -0.1) is 6.58 Å². The summed E-state index contributed by atoms with van der Waals surface area (Å²) in [5.41, 5.74) is 0.626. The van der Waals surface area contributed by atoms with Gasteiger partial charge in [0.05, 0.1) is 18.9 Å². The molecule has 4 nitrogen and oxygen atoms in total. The summed E-state index contributed by atoms with van der Waals surface area (Å²) in [4.78, 5) is 6.43. The van der Waals surface area contributed by atoms with E-state index < -0.39 is 0 Å². The lowest BCUT2D eigenvalue weighted by molar-refractivity contribution is 0.277. The molecule has 0 amide bonds. The average Bonchev–Trinajstić information content (AvgIpc) is 2.46. The van der Waals surface area contributed by atoms with Gasteiger partial charge in [0, 0.05) is 18.5 Å². The molecule has 0 saturated carbocycles. The zero-order valence-electron chi connectivity index (χ0n) is 10.8. The van der Waals surface area contributed by atoms with Gasteiger partial charge in [-0.2, -0.15) is 0 Å². The molecule has 0 aliphatic heterocycles. The number of aliphatic hydroxyl groups is 2. The second-order valence-electron chi connectivity index (χ2n) is 4.27.